The summed E-state index contributed by atoms with van der Waals surface area (Å²) in [5, 5.41) is 21.1. The van der Waals surface area contributed by atoms with Gasteiger partial charge in [-0.25, -0.2) is 0 Å². The first-order chi connectivity index (χ1) is 14.9. The highest BCUT2D eigenvalue weighted by Crippen LogP contribution is 2.35. The van der Waals surface area contributed by atoms with Crippen LogP contribution in [0.1, 0.15) is 22.7 Å². The van der Waals surface area contributed by atoms with Crippen LogP contribution in [0.5, 0.6) is 5.75 Å². The van der Waals surface area contributed by atoms with Crippen molar-refractivity contribution in [2.75, 3.05) is 39.3 Å². The highest BCUT2D eigenvalue weighted by molar-refractivity contribution is 5.85. The lowest BCUT2D eigenvalue weighted by molar-refractivity contribution is -1.02. The van der Waals surface area contributed by atoms with Gasteiger partial charge in [0.05, 0.1) is 17.7 Å². The lowest BCUT2D eigenvalue weighted by Crippen LogP contribution is -3.28. The molecule has 1 saturated heterocycles. The lowest BCUT2D eigenvalue weighted by Gasteiger charge is -2.35. The summed E-state index contributed by atoms with van der Waals surface area (Å²) in [5.74, 6) is 0.0700. The van der Waals surface area contributed by atoms with Crippen molar-refractivity contribution in [2.24, 2.45) is 0 Å². The van der Waals surface area contributed by atoms with Crippen LogP contribution in [0.25, 0.3) is 10.9 Å². The van der Waals surface area contributed by atoms with E-state index >= 15 is 0 Å². The zero-order valence-electron chi connectivity index (χ0n) is 17.0. The van der Waals surface area contributed by atoms with Gasteiger partial charge in [-0.2, -0.15) is 13.2 Å². The quantitative estimate of drug-likeness (QED) is 0.482. The summed E-state index contributed by atoms with van der Waals surface area (Å²) in [5.41, 5.74) is 1.18. The van der Waals surface area contributed by atoms with Crippen LogP contribution >= 0.6 is 0 Å². The Hall–Kier alpha value is -2.68. The van der Waals surface area contributed by atoms with Gasteiger partial charge >= 0.3 is 6.18 Å². The minimum absolute atomic E-state index is 0.0700. The molecule has 1 aromatic heterocycles. The second-order valence-electron chi connectivity index (χ2n) is 8.01. The average Bonchev–Trinajstić information content (AvgIpc) is 2.77. The summed E-state index contributed by atoms with van der Waals surface area (Å²) >= 11 is 0. The van der Waals surface area contributed by atoms with E-state index in [2.05, 4.69) is 4.98 Å². The Morgan fingerprint density at radius 1 is 0.968 bits per heavy atom. The fourth-order valence-electron chi connectivity index (χ4n) is 4.50. The molecule has 8 heteroatoms. The molecule has 0 radical (unpaired) electrons. The van der Waals surface area contributed by atoms with Crippen molar-refractivity contribution in [3.8, 4) is 5.75 Å². The predicted molar refractivity (Wildman–Crippen MR) is 110 cm³/mol. The maximum absolute atomic E-state index is 13.1. The highest BCUT2D eigenvalue weighted by atomic mass is 19.4. The number of aliphatic hydroxyl groups excluding tert-OH is 1. The molecule has 1 unspecified atom stereocenters. The fraction of sp³-hybridized carbons (Fsp3) is 0.348. The number of quaternary nitrogens is 2. The number of aromatic nitrogens is 1. The van der Waals surface area contributed by atoms with Crippen molar-refractivity contribution in [3.05, 3.63) is 71.4 Å². The third-order valence-corrected chi connectivity index (χ3v) is 6.13. The molecule has 2 aromatic carbocycles. The van der Waals surface area contributed by atoms with E-state index in [9.17, 15) is 23.4 Å². The fourth-order valence-corrected chi connectivity index (χ4v) is 4.50. The Morgan fingerprint density at radius 2 is 1.68 bits per heavy atom. The van der Waals surface area contributed by atoms with E-state index in [0.717, 1.165) is 49.3 Å². The van der Waals surface area contributed by atoms with Gasteiger partial charge in [-0.15, -0.1) is 0 Å². The van der Waals surface area contributed by atoms with Gasteiger partial charge in [0.25, 0.3) is 0 Å². The van der Waals surface area contributed by atoms with E-state index in [-0.39, 0.29) is 18.4 Å². The first kappa shape index (κ1) is 21.5. The number of halogens is 3. The number of piperazine rings is 1. The Morgan fingerprint density at radius 3 is 2.32 bits per heavy atom. The minimum Gasteiger partial charge on any atom is -0.505 e. The van der Waals surface area contributed by atoms with Crippen LogP contribution in [0.3, 0.4) is 0 Å². The number of aromatic hydroxyl groups is 1. The van der Waals surface area contributed by atoms with Crippen LogP contribution in [0.15, 0.2) is 54.7 Å². The summed E-state index contributed by atoms with van der Waals surface area (Å²) in [6.45, 7) is 4.06. The summed E-state index contributed by atoms with van der Waals surface area (Å²) in [6, 6.07) is 12.3. The minimum atomic E-state index is -4.39. The van der Waals surface area contributed by atoms with Gasteiger partial charge in [0.2, 0.25) is 0 Å². The van der Waals surface area contributed by atoms with Crippen LogP contribution < -0.4 is 9.80 Å². The normalized spacial score (nSPS) is 20.6. The molecule has 1 aliphatic rings. The van der Waals surface area contributed by atoms with Crippen molar-refractivity contribution in [1.82, 2.24) is 4.98 Å². The van der Waals surface area contributed by atoms with E-state index in [1.165, 1.54) is 21.9 Å². The molecular weight excluding hydrogens is 407 g/mol. The Balaban J connectivity index is 1.74. The van der Waals surface area contributed by atoms with Crippen molar-refractivity contribution in [2.45, 2.75) is 12.2 Å². The molecule has 0 bridgehead atoms. The average molecular weight is 433 g/mol. The SMILES string of the molecule is OCC[NH+]1CC[NH+](C(c2ccc(C(F)(F)F)cc2)c2ccc3cccnc3c2O)CC1. The van der Waals surface area contributed by atoms with Crippen molar-refractivity contribution in [1.29, 1.82) is 0 Å². The number of nitrogens with zero attached hydrogens (tertiary/aromatic N) is 1. The van der Waals surface area contributed by atoms with E-state index in [4.69, 9.17) is 0 Å². The summed E-state index contributed by atoms with van der Waals surface area (Å²) in [6.07, 6.45) is -2.78. The maximum atomic E-state index is 13.1. The summed E-state index contributed by atoms with van der Waals surface area (Å²) in [7, 11) is 0. The predicted octanol–water partition coefficient (Wildman–Crippen LogP) is 0.824. The molecule has 4 rings (SSSR count). The molecule has 1 fully saturated rings. The molecule has 31 heavy (non-hydrogen) atoms. The van der Waals surface area contributed by atoms with Crippen LogP contribution in [0.2, 0.25) is 0 Å². The molecule has 0 spiro atoms. The van der Waals surface area contributed by atoms with Crippen LogP contribution in [-0.2, 0) is 6.18 Å². The molecule has 1 atom stereocenters. The first-order valence-corrected chi connectivity index (χ1v) is 10.4. The summed E-state index contributed by atoms with van der Waals surface area (Å²) in [4.78, 5) is 6.79. The molecule has 0 saturated carbocycles. The number of benzene rings is 2. The molecule has 0 amide bonds. The highest BCUT2D eigenvalue weighted by Gasteiger charge is 2.35. The Bertz CT molecular complexity index is 1030. The molecule has 1 aliphatic heterocycles. The Labute approximate surface area is 178 Å². The lowest BCUT2D eigenvalue weighted by atomic mass is 9.93. The zero-order chi connectivity index (χ0) is 22.0. The number of aliphatic hydroxyl groups is 1. The van der Waals surface area contributed by atoms with Crippen molar-refractivity contribution in [3.63, 3.8) is 0 Å². The number of alkyl halides is 3. The molecular formula is C23H26F3N3O2+2. The second-order valence-corrected chi connectivity index (χ2v) is 8.01. The second kappa shape index (κ2) is 8.82. The third-order valence-electron chi connectivity index (χ3n) is 6.13. The van der Waals surface area contributed by atoms with Crippen LogP contribution in [0, 0.1) is 0 Å². The standard InChI is InChI=1S/C23H24F3N3O2/c24-23(25,26)18-6-3-17(4-7-18)21(29-12-10-28(11-13-29)14-15-30)19-8-5-16-2-1-9-27-20(16)22(19)31/h1-9,21,30-31H,10-15H2/p+2. The third kappa shape index (κ3) is 4.51. The molecule has 2 heterocycles. The van der Waals surface area contributed by atoms with Gasteiger partial charge in [-0.05, 0) is 24.3 Å². The van der Waals surface area contributed by atoms with Gasteiger partial charge < -0.3 is 20.0 Å². The van der Waals surface area contributed by atoms with Crippen LogP contribution in [-0.4, -0.2) is 54.5 Å². The smallest absolute Gasteiger partial charge is 0.416 e. The van der Waals surface area contributed by atoms with Crippen LogP contribution in [0.4, 0.5) is 13.2 Å². The van der Waals surface area contributed by atoms with E-state index in [1.807, 2.05) is 18.2 Å². The number of nitrogens with one attached hydrogen (secondary N) is 2. The van der Waals surface area contributed by atoms with Gasteiger partial charge in [0.15, 0.2) is 5.75 Å². The van der Waals surface area contributed by atoms with Gasteiger partial charge in [0.1, 0.15) is 44.3 Å². The van der Waals surface area contributed by atoms with Gasteiger partial charge in [0, 0.05) is 17.1 Å². The number of hydrogen-bond donors (Lipinski definition) is 4. The number of hydrogen-bond acceptors (Lipinski definition) is 3. The number of phenols is 1. The van der Waals surface area contributed by atoms with E-state index < -0.39 is 11.7 Å². The molecule has 164 valence electrons. The maximum Gasteiger partial charge on any atom is 0.416 e. The van der Waals surface area contributed by atoms with Gasteiger partial charge in [-0.1, -0.05) is 24.3 Å². The monoisotopic (exact) mass is 433 g/mol. The molecule has 0 aliphatic carbocycles. The zero-order valence-corrected chi connectivity index (χ0v) is 17.0. The van der Waals surface area contributed by atoms with E-state index in [0.29, 0.717) is 17.6 Å². The summed E-state index contributed by atoms with van der Waals surface area (Å²) < 4.78 is 39.2. The number of phenolic OH excluding ortho intramolecular Hbond substituents is 1. The van der Waals surface area contributed by atoms with Gasteiger partial charge in [-0.3, -0.25) is 4.98 Å². The number of pyridine rings is 1. The van der Waals surface area contributed by atoms with E-state index in [1.54, 1.807) is 12.3 Å². The topological polar surface area (TPSA) is 62.2 Å². The number of fused-ring (bicyclic) bond motifs is 1. The first-order valence-electron chi connectivity index (χ1n) is 10.4. The molecule has 4 N–H and O–H groups in total. The molecule has 5 nitrogen and oxygen atoms in total. The molecule has 3 aromatic rings. The Kier molecular flexibility index (Phi) is 6.13. The van der Waals surface area contributed by atoms with Crippen molar-refractivity contribution < 1.29 is 33.2 Å². The largest absolute Gasteiger partial charge is 0.505 e. The van der Waals surface area contributed by atoms with Crippen molar-refractivity contribution >= 4 is 10.9 Å². The number of rotatable bonds is 5.